The molecule has 0 aliphatic heterocycles. The van der Waals surface area contributed by atoms with Crippen molar-refractivity contribution in [3.05, 3.63) is 46.4 Å². The van der Waals surface area contributed by atoms with E-state index in [4.69, 9.17) is 18.9 Å². The molecule has 6 nitrogen and oxygen atoms in total. The van der Waals surface area contributed by atoms with E-state index in [1.807, 2.05) is 6.08 Å². The molecular weight excluding hydrogens is 354 g/mol. The van der Waals surface area contributed by atoms with Gasteiger partial charge in [0, 0.05) is 23.1 Å². The largest absolute Gasteiger partial charge is 0.493 e. The summed E-state index contributed by atoms with van der Waals surface area (Å²) >= 11 is 1.42. The van der Waals surface area contributed by atoms with Crippen molar-refractivity contribution in [1.29, 1.82) is 0 Å². The summed E-state index contributed by atoms with van der Waals surface area (Å²) in [7, 11) is 4.51. The Labute approximate surface area is 155 Å². The number of carbonyl (C=O) groups excluding carboxylic acids is 1. The van der Waals surface area contributed by atoms with E-state index >= 15 is 0 Å². The van der Waals surface area contributed by atoms with Crippen LogP contribution < -0.4 is 18.9 Å². The Bertz CT molecular complexity index is 844. The summed E-state index contributed by atoms with van der Waals surface area (Å²) in [5.74, 6) is 0.997. The van der Waals surface area contributed by atoms with Crippen LogP contribution in [0, 0.1) is 0 Å². The van der Waals surface area contributed by atoms with Gasteiger partial charge in [-0.3, -0.25) is 0 Å². The Morgan fingerprint density at radius 3 is 2.38 bits per heavy atom. The average molecular weight is 373 g/mol. The van der Waals surface area contributed by atoms with E-state index in [0.717, 1.165) is 23.4 Å². The molecule has 0 radical (unpaired) electrons. The van der Waals surface area contributed by atoms with Crippen molar-refractivity contribution < 1.29 is 23.7 Å². The number of methoxy groups -OCH3 is 3. The molecule has 1 aromatic carbocycles. The van der Waals surface area contributed by atoms with E-state index in [1.54, 1.807) is 17.5 Å². The van der Waals surface area contributed by atoms with Crippen molar-refractivity contribution in [1.82, 2.24) is 4.98 Å². The maximum Gasteiger partial charge on any atom is 0.363 e. The lowest BCUT2D eigenvalue weighted by Crippen LogP contribution is -2.09. The van der Waals surface area contributed by atoms with Crippen LogP contribution in [0.25, 0.3) is 5.57 Å². The molecule has 1 aliphatic rings. The minimum absolute atomic E-state index is 0.263. The molecule has 1 heterocycles. The minimum atomic E-state index is -0.540. The topological polar surface area (TPSA) is 66.9 Å². The Hall–Kier alpha value is -2.80. The van der Waals surface area contributed by atoms with Crippen LogP contribution in [0.5, 0.6) is 23.0 Å². The van der Waals surface area contributed by atoms with Crippen LogP contribution in [-0.2, 0) is 0 Å². The highest BCUT2D eigenvalue weighted by atomic mass is 32.1. The van der Waals surface area contributed by atoms with Gasteiger partial charge in [-0.1, -0.05) is 18.2 Å². The maximum atomic E-state index is 12.4. The van der Waals surface area contributed by atoms with E-state index in [9.17, 15) is 4.79 Å². The lowest BCUT2D eigenvalue weighted by Gasteiger charge is -2.13. The van der Waals surface area contributed by atoms with Gasteiger partial charge >= 0.3 is 5.97 Å². The van der Waals surface area contributed by atoms with E-state index < -0.39 is 5.97 Å². The summed E-state index contributed by atoms with van der Waals surface area (Å²) in [6, 6.07) is 3.14. The third-order valence-corrected chi connectivity index (χ3v) is 4.70. The van der Waals surface area contributed by atoms with Crippen LogP contribution >= 0.6 is 11.3 Å². The van der Waals surface area contributed by atoms with Crippen molar-refractivity contribution in [3.8, 4) is 23.0 Å². The van der Waals surface area contributed by atoms with Gasteiger partial charge in [0.2, 0.25) is 5.75 Å². The number of nitrogens with zero attached hydrogens (tertiary/aromatic N) is 1. The molecule has 1 aliphatic carbocycles. The first-order chi connectivity index (χ1) is 12.7. The van der Waals surface area contributed by atoms with Gasteiger partial charge in [-0.2, -0.15) is 0 Å². The van der Waals surface area contributed by atoms with Crippen LogP contribution in [0.4, 0.5) is 0 Å². The molecule has 26 heavy (non-hydrogen) atoms. The predicted molar refractivity (Wildman–Crippen MR) is 99.5 cm³/mol. The summed E-state index contributed by atoms with van der Waals surface area (Å²) in [6.07, 6.45) is 8.26. The zero-order valence-corrected chi connectivity index (χ0v) is 15.6. The highest BCUT2D eigenvalue weighted by molar-refractivity contribution is 7.11. The van der Waals surface area contributed by atoms with Crippen molar-refractivity contribution in [2.75, 3.05) is 21.3 Å². The molecule has 0 spiro atoms. The molecule has 0 bridgehead atoms. The SMILES string of the molecule is COc1cc(OC(=O)c2csc(C3=CCCC=C3)n2)cc(OC)c1OC. The smallest absolute Gasteiger partial charge is 0.363 e. The van der Waals surface area contributed by atoms with Gasteiger partial charge in [0.25, 0.3) is 0 Å². The van der Waals surface area contributed by atoms with Crippen LogP contribution in [0.1, 0.15) is 28.3 Å². The number of esters is 1. The first-order valence-corrected chi connectivity index (χ1v) is 8.89. The molecule has 136 valence electrons. The van der Waals surface area contributed by atoms with Gasteiger partial charge in [-0.15, -0.1) is 11.3 Å². The fourth-order valence-electron chi connectivity index (χ4n) is 2.55. The van der Waals surface area contributed by atoms with Crippen molar-refractivity contribution >= 4 is 22.9 Å². The second kappa shape index (κ2) is 8.05. The summed E-state index contributed by atoms with van der Waals surface area (Å²) in [5, 5.41) is 2.50. The summed E-state index contributed by atoms with van der Waals surface area (Å²) in [4.78, 5) is 16.8. The maximum absolute atomic E-state index is 12.4. The van der Waals surface area contributed by atoms with Crippen LogP contribution in [0.3, 0.4) is 0 Å². The van der Waals surface area contributed by atoms with Gasteiger partial charge in [0.15, 0.2) is 17.2 Å². The summed E-state index contributed by atoms with van der Waals surface area (Å²) in [5.41, 5.74) is 1.30. The number of carbonyl (C=O) groups is 1. The van der Waals surface area contributed by atoms with E-state index in [2.05, 4.69) is 17.1 Å². The quantitative estimate of drug-likeness (QED) is 0.560. The number of benzene rings is 1. The van der Waals surface area contributed by atoms with Gasteiger partial charge in [-0.25, -0.2) is 9.78 Å². The minimum Gasteiger partial charge on any atom is -0.493 e. The van der Waals surface area contributed by atoms with Crippen molar-refractivity contribution in [2.24, 2.45) is 0 Å². The fraction of sp³-hybridized carbons (Fsp3) is 0.263. The van der Waals surface area contributed by atoms with Gasteiger partial charge < -0.3 is 18.9 Å². The summed E-state index contributed by atoms with van der Waals surface area (Å²) in [6.45, 7) is 0. The molecule has 0 unspecified atom stereocenters. The molecule has 0 fully saturated rings. The van der Waals surface area contributed by atoms with Crippen molar-refractivity contribution in [2.45, 2.75) is 12.8 Å². The molecule has 0 amide bonds. The Balaban J connectivity index is 1.81. The molecule has 3 rings (SSSR count). The third kappa shape index (κ3) is 3.72. The van der Waals surface area contributed by atoms with Gasteiger partial charge in [0.1, 0.15) is 10.8 Å². The van der Waals surface area contributed by atoms with Crippen LogP contribution in [0.15, 0.2) is 35.7 Å². The molecular formula is C19H19NO5S. The zero-order valence-electron chi connectivity index (χ0n) is 14.8. The molecule has 0 saturated carbocycles. The molecule has 0 atom stereocenters. The third-order valence-electron chi connectivity index (χ3n) is 3.80. The van der Waals surface area contributed by atoms with Gasteiger partial charge in [0.05, 0.1) is 21.3 Å². The zero-order chi connectivity index (χ0) is 18.5. The molecule has 1 aromatic heterocycles. The molecule has 2 aromatic rings. The monoisotopic (exact) mass is 373 g/mol. The number of hydrogen-bond donors (Lipinski definition) is 0. The van der Waals surface area contributed by atoms with E-state index in [1.165, 1.54) is 32.7 Å². The second-order valence-corrected chi connectivity index (χ2v) is 6.29. The normalized spacial score (nSPS) is 13.1. The van der Waals surface area contributed by atoms with E-state index in [0.29, 0.717) is 17.2 Å². The lowest BCUT2D eigenvalue weighted by atomic mass is 10.1. The number of hydrogen-bond acceptors (Lipinski definition) is 7. The second-order valence-electron chi connectivity index (χ2n) is 5.43. The predicted octanol–water partition coefficient (Wildman–Crippen LogP) is 4.12. The fourth-order valence-corrected chi connectivity index (χ4v) is 3.36. The molecule has 0 saturated heterocycles. The Kier molecular flexibility index (Phi) is 5.58. The number of ether oxygens (including phenoxy) is 4. The summed E-state index contributed by atoms with van der Waals surface area (Å²) < 4.78 is 21.2. The van der Waals surface area contributed by atoms with E-state index in [-0.39, 0.29) is 11.4 Å². The number of allylic oxidation sites excluding steroid dienone is 4. The Morgan fingerprint density at radius 2 is 1.81 bits per heavy atom. The first-order valence-electron chi connectivity index (χ1n) is 8.01. The molecule has 0 N–H and O–H groups in total. The highest BCUT2D eigenvalue weighted by Gasteiger charge is 2.19. The lowest BCUT2D eigenvalue weighted by molar-refractivity contribution is 0.0728. The highest BCUT2D eigenvalue weighted by Crippen LogP contribution is 2.41. The number of rotatable bonds is 6. The number of thiazole rings is 1. The van der Waals surface area contributed by atoms with Crippen LogP contribution in [0.2, 0.25) is 0 Å². The first kappa shape index (κ1) is 18.0. The number of aromatic nitrogens is 1. The average Bonchev–Trinajstić information content (AvgIpc) is 3.18. The van der Waals surface area contributed by atoms with Gasteiger partial charge in [-0.05, 0) is 12.8 Å². The Morgan fingerprint density at radius 1 is 1.08 bits per heavy atom. The standard InChI is InChI=1S/C19H19NO5S/c1-22-15-9-13(10-16(23-2)17(15)24-3)25-19(21)14-11-26-18(20-14)12-7-5-4-6-8-12/h5,7-11H,4,6H2,1-3H3. The molecule has 7 heteroatoms. The van der Waals surface area contributed by atoms with Crippen molar-refractivity contribution in [3.63, 3.8) is 0 Å². The van der Waals surface area contributed by atoms with Crippen LogP contribution in [-0.4, -0.2) is 32.3 Å².